The van der Waals surface area contributed by atoms with Crippen molar-refractivity contribution in [3.8, 4) is 0 Å². The number of hydrogen-bond donors (Lipinski definition) is 2. The van der Waals surface area contributed by atoms with Crippen LogP contribution in [0.1, 0.15) is 32.6 Å². The van der Waals surface area contributed by atoms with Crippen LogP contribution in [-0.2, 0) is 0 Å². The molecule has 0 amide bonds. The highest BCUT2D eigenvalue weighted by atomic mass is 15.0. The average molecular weight is 182 g/mol. The molecule has 0 spiro atoms. The van der Waals surface area contributed by atoms with E-state index in [0.29, 0.717) is 6.04 Å². The molecule has 1 aliphatic rings. The smallest absolute Gasteiger partial charge is 0.00822 e. The monoisotopic (exact) mass is 182 g/mol. The standard InChI is InChI=1S/C11H22N2/c1-3-4-7-12-10(2)9-11-6-5-8-13-11/h3,10-13H,1,4-9H2,2H3. The van der Waals surface area contributed by atoms with Crippen molar-refractivity contribution in [2.75, 3.05) is 13.1 Å². The van der Waals surface area contributed by atoms with E-state index in [4.69, 9.17) is 0 Å². The van der Waals surface area contributed by atoms with Gasteiger partial charge in [-0.3, -0.25) is 0 Å². The molecule has 0 saturated carbocycles. The van der Waals surface area contributed by atoms with Crippen molar-refractivity contribution in [1.82, 2.24) is 10.6 Å². The first-order chi connectivity index (χ1) is 6.33. The molecule has 1 aliphatic heterocycles. The summed E-state index contributed by atoms with van der Waals surface area (Å²) in [5.41, 5.74) is 0. The van der Waals surface area contributed by atoms with Gasteiger partial charge >= 0.3 is 0 Å². The number of hydrogen-bond acceptors (Lipinski definition) is 2. The lowest BCUT2D eigenvalue weighted by Gasteiger charge is -2.17. The van der Waals surface area contributed by atoms with E-state index in [1.165, 1.54) is 25.8 Å². The summed E-state index contributed by atoms with van der Waals surface area (Å²) in [4.78, 5) is 0. The van der Waals surface area contributed by atoms with Crippen molar-refractivity contribution < 1.29 is 0 Å². The molecular weight excluding hydrogens is 160 g/mol. The van der Waals surface area contributed by atoms with Gasteiger partial charge in [-0.1, -0.05) is 6.08 Å². The Morgan fingerprint density at radius 1 is 1.69 bits per heavy atom. The molecule has 2 heteroatoms. The van der Waals surface area contributed by atoms with Crippen LogP contribution in [-0.4, -0.2) is 25.2 Å². The molecular formula is C11H22N2. The average Bonchev–Trinajstić information content (AvgIpc) is 2.57. The second kappa shape index (κ2) is 6.17. The first-order valence-corrected chi connectivity index (χ1v) is 5.40. The van der Waals surface area contributed by atoms with Gasteiger partial charge in [-0.05, 0) is 45.7 Å². The van der Waals surface area contributed by atoms with Crippen LogP contribution in [0.5, 0.6) is 0 Å². The molecule has 2 unspecified atom stereocenters. The van der Waals surface area contributed by atoms with Gasteiger partial charge in [-0.2, -0.15) is 0 Å². The predicted octanol–water partition coefficient (Wildman–Crippen LogP) is 1.68. The Morgan fingerprint density at radius 3 is 3.15 bits per heavy atom. The molecule has 13 heavy (non-hydrogen) atoms. The minimum atomic E-state index is 0.635. The van der Waals surface area contributed by atoms with E-state index in [1.807, 2.05) is 6.08 Å². The number of nitrogens with one attached hydrogen (secondary N) is 2. The third kappa shape index (κ3) is 4.44. The van der Waals surface area contributed by atoms with Crippen molar-refractivity contribution in [2.45, 2.75) is 44.7 Å². The summed E-state index contributed by atoms with van der Waals surface area (Å²) >= 11 is 0. The summed E-state index contributed by atoms with van der Waals surface area (Å²) < 4.78 is 0. The van der Waals surface area contributed by atoms with E-state index in [0.717, 1.165) is 19.0 Å². The first-order valence-electron chi connectivity index (χ1n) is 5.40. The fourth-order valence-electron chi connectivity index (χ4n) is 1.90. The van der Waals surface area contributed by atoms with Crippen molar-refractivity contribution in [1.29, 1.82) is 0 Å². The Bertz CT molecular complexity index is 139. The topological polar surface area (TPSA) is 24.1 Å². The summed E-state index contributed by atoms with van der Waals surface area (Å²) in [5, 5.41) is 7.02. The van der Waals surface area contributed by atoms with Gasteiger partial charge in [0.05, 0.1) is 0 Å². The van der Waals surface area contributed by atoms with Crippen LogP contribution in [0.3, 0.4) is 0 Å². The molecule has 1 rings (SSSR count). The van der Waals surface area contributed by atoms with Crippen LogP contribution >= 0.6 is 0 Å². The summed E-state index contributed by atoms with van der Waals surface area (Å²) in [5.74, 6) is 0. The van der Waals surface area contributed by atoms with Crippen LogP contribution in [0.15, 0.2) is 12.7 Å². The molecule has 2 N–H and O–H groups in total. The Hall–Kier alpha value is -0.340. The molecule has 1 saturated heterocycles. The molecule has 1 heterocycles. The number of rotatable bonds is 6. The second-order valence-electron chi connectivity index (χ2n) is 3.96. The normalized spacial score (nSPS) is 24.5. The van der Waals surface area contributed by atoms with E-state index in [1.54, 1.807) is 0 Å². The van der Waals surface area contributed by atoms with Crippen LogP contribution in [0.2, 0.25) is 0 Å². The van der Waals surface area contributed by atoms with Crippen LogP contribution in [0, 0.1) is 0 Å². The van der Waals surface area contributed by atoms with Gasteiger partial charge in [0.25, 0.3) is 0 Å². The van der Waals surface area contributed by atoms with Gasteiger partial charge < -0.3 is 10.6 Å². The Morgan fingerprint density at radius 2 is 2.54 bits per heavy atom. The van der Waals surface area contributed by atoms with Gasteiger partial charge in [0.1, 0.15) is 0 Å². The Kier molecular flexibility index (Phi) is 5.09. The van der Waals surface area contributed by atoms with Crippen LogP contribution in [0.25, 0.3) is 0 Å². The minimum absolute atomic E-state index is 0.635. The molecule has 0 aromatic carbocycles. The van der Waals surface area contributed by atoms with E-state index < -0.39 is 0 Å². The quantitative estimate of drug-likeness (QED) is 0.482. The predicted molar refractivity (Wildman–Crippen MR) is 57.9 cm³/mol. The lowest BCUT2D eigenvalue weighted by Crippen LogP contribution is -2.34. The molecule has 2 atom stereocenters. The fraction of sp³-hybridized carbons (Fsp3) is 0.818. The van der Waals surface area contributed by atoms with Gasteiger partial charge in [-0.15, -0.1) is 6.58 Å². The maximum absolute atomic E-state index is 3.71. The van der Waals surface area contributed by atoms with Gasteiger partial charge in [0.2, 0.25) is 0 Å². The first kappa shape index (κ1) is 10.7. The summed E-state index contributed by atoms with van der Waals surface area (Å²) in [6, 6.07) is 1.39. The lowest BCUT2D eigenvalue weighted by atomic mass is 10.1. The highest BCUT2D eigenvalue weighted by molar-refractivity contribution is 4.79. The maximum Gasteiger partial charge on any atom is 0.00822 e. The van der Waals surface area contributed by atoms with E-state index in [-0.39, 0.29) is 0 Å². The van der Waals surface area contributed by atoms with Crippen LogP contribution < -0.4 is 10.6 Å². The molecule has 1 fully saturated rings. The summed E-state index contributed by atoms with van der Waals surface area (Å²) in [6.45, 7) is 8.25. The minimum Gasteiger partial charge on any atom is -0.314 e. The third-order valence-electron chi connectivity index (χ3n) is 2.64. The Balaban J connectivity index is 2.02. The van der Waals surface area contributed by atoms with Crippen LogP contribution in [0.4, 0.5) is 0 Å². The molecule has 0 aromatic rings. The van der Waals surface area contributed by atoms with Gasteiger partial charge in [-0.25, -0.2) is 0 Å². The van der Waals surface area contributed by atoms with Crippen molar-refractivity contribution in [3.63, 3.8) is 0 Å². The maximum atomic E-state index is 3.71. The second-order valence-corrected chi connectivity index (χ2v) is 3.96. The van der Waals surface area contributed by atoms with Crippen molar-refractivity contribution >= 4 is 0 Å². The third-order valence-corrected chi connectivity index (χ3v) is 2.64. The summed E-state index contributed by atoms with van der Waals surface area (Å²) in [6.07, 6.45) is 7.00. The van der Waals surface area contributed by atoms with E-state index >= 15 is 0 Å². The Labute approximate surface area is 81.8 Å². The molecule has 0 radical (unpaired) electrons. The van der Waals surface area contributed by atoms with E-state index in [2.05, 4.69) is 24.1 Å². The molecule has 0 aromatic heterocycles. The molecule has 2 nitrogen and oxygen atoms in total. The highest BCUT2D eigenvalue weighted by Crippen LogP contribution is 2.10. The van der Waals surface area contributed by atoms with Crippen molar-refractivity contribution in [3.05, 3.63) is 12.7 Å². The molecule has 76 valence electrons. The fourth-order valence-corrected chi connectivity index (χ4v) is 1.90. The zero-order valence-corrected chi connectivity index (χ0v) is 8.68. The molecule has 0 bridgehead atoms. The highest BCUT2D eigenvalue weighted by Gasteiger charge is 2.16. The zero-order chi connectivity index (χ0) is 9.52. The van der Waals surface area contributed by atoms with Gasteiger partial charge in [0.15, 0.2) is 0 Å². The van der Waals surface area contributed by atoms with Crippen molar-refractivity contribution in [2.24, 2.45) is 0 Å². The summed E-state index contributed by atoms with van der Waals surface area (Å²) in [7, 11) is 0. The molecule has 0 aliphatic carbocycles. The largest absolute Gasteiger partial charge is 0.314 e. The van der Waals surface area contributed by atoms with Gasteiger partial charge in [0, 0.05) is 12.1 Å². The lowest BCUT2D eigenvalue weighted by molar-refractivity contribution is 0.444. The SMILES string of the molecule is C=CCCNC(C)CC1CCCN1. The van der Waals surface area contributed by atoms with E-state index in [9.17, 15) is 0 Å². The zero-order valence-electron chi connectivity index (χ0n) is 8.68.